The molecule has 18 heavy (non-hydrogen) atoms. The monoisotopic (exact) mass is 236 g/mol. The molecule has 0 N–H and O–H groups in total. The fraction of sp³-hybridized carbons (Fsp3) is 0.118. The first-order chi connectivity index (χ1) is 8.81. The highest BCUT2D eigenvalue weighted by molar-refractivity contribution is 6.08. The van der Waals surface area contributed by atoms with E-state index >= 15 is 0 Å². The maximum Gasteiger partial charge on any atom is 0.193 e. The van der Waals surface area contributed by atoms with E-state index in [2.05, 4.69) is 6.58 Å². The first-order valence-electron chi connectivity index (χ1n) is 6.11. The van der Waals surface area contributed by atoms with Gasteiger partial charge in [0.05, 0.1) is 0 Å². The molecule has 0 amide bonds. The summed E-state index contributed by atoms with van der Waals surface area (Å²) in [5.41, 5.74) is 2.71. The largest absolute Gasteiger partial charge is 0.289 e. The van der Waals surface area contributed by atoms with Crippen molar-refractivity contribution in [1.29, 1.82) is 0 Å². The van der Waals surface area contributed by atoms with Gasteiger partial charge in [0.2, 0.25) is 0 Å². The number of ketones is 1. The Morgan fingerprint density at radius 3 is 2.17 bits per heavy atom. The highest BCUT2D eigenvalue weighted by Gasteiger charge is 2.07. The van der Waals surface area contributed by atoms with Gasteiger partial charge in [0.1, 0.15) is 0 Å². The van der Waals surface area contributed by atoms with E-state index in [9.17, 15) is 4.79 Å². The van der Waals surface area contributed by atoms with E-state index in [1.54, 1.807) is 0 Å². The lowest BCUT2D eigenvalue weighted by atomic mass is 10.0. The smallest absolute Gasteiger partial charge is 0.193 e. The molecule has 2 rings (SSSR count). The van der Waals surface area contributed by atoms with Crippen molar-refractivity contribution in [2.24, 2.45) is 0 Å². The molecule has 90 valence electrons. The molecule has 0 aromatic heterocycles. The molecule has 0 radical (unpaired) electrons. The minimum Gasteiger partial charge on any atom is -0.289 e. The number of carbonyl (C=O) groups excluding carboxylic acids is 1. The molecule has 0 unspecified atom stereocenters. The highest BCUT2D eigenvalue weighted by atomic mass is 16.1. The van der Waals surface area contributed by atoms with Gasteiger partial charge in [-0.15, -0.1) is 6.58 Å². The molecule has 0 aliphatic rings. The Kier molecular flexibility index (Phi) is 4.08. The summed E-state index contributed by atoms with van der Waals surface area (Å²) in [5, 5.41) is 0. The molecule has 0 fully saturated rings. The third-order valence-electron chi connectivity index (χ3n) is 2.89. The number of hydrogen-bond acceptors (Lipinski definition) is 1. The van der Waals surface area contributed by atoms with Gasteiger partial charge in [0, 0.05) is 11.1 Å². The Hall–Kier alpha value is -2.15. The molecular formula is C17H16O. The topological polar surface area (TPSA) is 17.1 Å². The average Bonchev–Trinajstić information content (AvgIpc) is 2.46. The fourth-order valence-electron chi connectivity index (χ4n) is 1.85. The Morgan fingerprint density at radius 2 is 1.56 bits per heavy atom. The van der Waals surface area contributed by atoms with E-state index in [-0.39, 0.29) is 5.78 Å². The lowest BCUT2D eigenvalue weighted by molar-refractivity contribution is 0.103. The van der Waals surface area contributed by atoms with E-state index in [1.165, 1.54) is 5.56 Å². The SMILES string of the molecule is C=CCCc1ccc(C(=O)c2ccccc2)cc1. The zero-order valence-corrected chi connectivity index (χ0v) is 10.3. The summed E-state index contributed by atoms with van der Waals surface area (Å²) in [6.07, 6.45) is 3.85. The van der Waals surface area contributed by atoms with Crippen LogP contribution in [0.1, 0.15) is 27.9 Å². The molecule has 0 atom stereocenters. The number of hydrogen-bond donors (Lipinski definition) is 0. The third-order valence-corrected chi connectivity index (χ3v) is 2.89. The quantitative estimate of drug-likeness (QED) is 0.565. The molecule has 0 aliphatic carbocycles. The molecule has 1 nitrogen and oxygen atoms in total. The van der Waals surface area contributed by atoms with Crippen LogP contribution in [0.2, 0.25) is 0 Å². The van der Waals surface area contributed by atoms with Crippen LogP contribution in [-0.2, 0) is 6.42 Å². The molecule has 2 aromatic carbocycles. The lowest BCUT2D eigenvalue weighted by Gasteiger charge is -2.03. The second kappa shape index (κ2) is 5.97. The normalized spacial score (nSPS) is 10.0. The van der Waals surface area contributed by atoms with Gasteiger partial charge < -0.3 is 0 Å². The number of rotatable bonds is 5. The zero-order chi connectivity index (χ0) is 12.8. The van der Waals surface area contributed by atoms with Crippen molar-refractivity contribution in [2.75, 3.05) is 0 Å². The average molecular weight is 236 g/mol. The van der Waals surface area contributed by atoms with E-state index < -0.39 is 0 Å². The summed E-state index contributed by atoms with van der Waals surface area (Å²) in [6.45, 7) is 3.71. The van der Waals surface area contributed by atoms with E-state index in [0.717, 1.165) is 24.0 Å². The summed E-state index contributed by atoms with van der Waals surface area (Å²) < 4.78 is 0. The second-order valence-electron chi connectivity index (χ2n) is 4.22. The van der Waals surface area contributed by atoms with Crippen molar-refractivity contribution >= 4 is 5.78 Å². The molecule has 0 saturated heterocycles. The summed E-state index contributed by atoms with van der Waals surface area (Å²) in [5.74, 6) is 0.0749. The van der Waals surface area contributed by atoms with Gasteiger partial charge in [-0.05, 0) is 18.4 Å². The highest BCUT2D eigenvalue weighted by Crippen LogP contribution is 2.12. The Balaban J connectivity index is 2.14. The number of carbonyl (C=O) groups is 1. The van der Waals surface area contributed by atoms with Gasteiger partial charge in [-0.2, -0.15) is 0 Å². The van der Waals surface area contributed by atoms with Crippen LogP contribution < -0.4 is 0 Å². The van der Waals surface area contributed by atoms with Crippen LogP contribution >= 0.6 is 0 Å². The second-order valence-corrected chi connectivity index (χ2v) is 4.22. The minimum atomic E-state index is 0.0749. The van der Waals surface area contributed by atoms with E-state index in [4.69, 9.17) is 0 Å². The minimum absolute atomic E-state index is 0.0749. The fourth-order valence-corrected chi connectivity index (χ4v) is 1.85. The predicted octanol–water partition coefficient (Wildman–Crippen LogP) is 4.04. The van der Waals surface area contributed by atoms with Gasteiger partial charge >= 0.3 is 0 Å². The molecule has 0 spiro atoms. The summed E-state index contributed by atoms with van der Waals surface area (Å²) >= 11 is 0. The first kappa shape index (κ1) is 12.3. The van der Waals surface area contributed by atoms with Gasteiger partial charge in [-0.3, -0.25) is 4.79 Å². The van der Waals surface area contributed by atoms with Crippen LogP contribution in [0, 0.1) is 0 Å². The Bertz CT molecular complexity index is 523. The van der Waals surface area contributed by atoms with Crippen LogP contribution in [0.3, 0.4) is 0 Å². The van der Waals surface area contributed by atoms with E-state index in [0.29, 0.717) is 0 Å². The maximum absolute atomic E-state index is 12.2. The number of benzene rings is 2. The predicted molar refractivity (Wildman–Crippen MR) is 74.8 cm³/mol. The molecule has 1 heteroatoms. The summed E-state index contributed by atoms with van der Waals surface area (Å²) in [7, 11) is 0. The maximum atomic E-state index is 12.2. The number of allylic oxidation sites excluding steroid dienone is 1. The standard InChI is InChI=1S/C17H16O/c1-2-3-7-14-10-12-16(13-11-14)17(18)15-8-5-4-6-9-15/h2,4-6,8-13H,1,3,7H2. The van der Waals surface area contributed by atoms with Crippen molar-refractivity contribution in [3.63, 3.8) is 0 Å². The van der Waals surface area contributed by atoms with Crippen molar-refractivity contribution in [3.05, 3.63) is 83.9 Å². The van der Waals surface area contributed by atoms with Crippen LogP contribution in [0.5, 0.6) is 0 Å². The van der Waals surface area contributed by atoms with Gasteiger partial charge in [0.15, 0.2) is 5.78 Å². The lowest BCUT2D eigenvalue weighted by Crippen LogP contribution is -2.00. The van der Waals surface area contributed by atoms with Gasteiger partial charge in [-0.25, -0.2) is 0 Å². The Labute approximate surface area is 108 Å². The van der Waals surface area contributed by atoms with Crippen molar-refractivity contribution < 1.29 is 4.79 Å². The van der Waals surface area contributed by atoms with E-state index in [1.807, 2.05) is 60.7 Å². The molecule has 2 aromatic rings. The van der Waals surface area contributed by atoms with Crippen LogP contribution in [0.15, 0.2) is 67.3 Å². The van der Waals surface area contributed by atoms with Crippen LogP contribution in [0.25, 0.3) is 0 Å². The first-order valence-corrected chi connectivity index (χ1v) is 6.11. The van der Waals surface area contributed by atoms with Crippen molar-refractivity contribution in [1.82, 2.24) is 0 Å². The molecule has 0 heterocycles. The number of aryl methyl sites for hydroxylation is 1. The summed E-state index contributed by atoms with van der Waals surface area (Å²) in [6, 6.07) is 17.2. The molecule has 0 saturated carbocycles. The van der Waals surface area contributed by atoms with Crippen molar-refractivity contribution in [3.8, 4) is 0 Å². The van der Waals surface area contributed by atoms with Crippen LogP contribution in [-0.4, -0.2) is 5.78 Å². The molecule has 0 aliphatic heterocycles. The van der Waals surface area contributed by atoms with Gasteiger partial charge in [0.25, 0.3) is 0 Å². The third kappa shape index (κ3) is 2.95. The van der Waals surface area contributed by atoms with Gasteiger partial charge in [-0.1, -0.05) is 60.7 Å². The molecule has 0 bridgehead atoms. The zero-order valence-electron chi connectivity index (χ0n) is 10.3. The van der Waals surface area contributed by atoms with Crippen molar-refractivity contribution in [2.45, 2.75) is 12.8 Å². The summed E-state index contributed by atoms with van der Waals surface area (Å²) in [4.78, 5) is 12.2. The molecular weight excluding hydrogens is 220 g/mol. The van der Waals surface area contributed by atoms with Crippen LogP contribution in [0.4, 0.5) is 0 Å². The Morgan fingerprint density at radius 1 is 0.944 bits per heavy atom.